The van der Waals surface area contributed by atoms with Gasteiger partial charge in [0, 0.05) is 16.9 Å². The highest BCUT2D eigenvalue weighted by Gasteiger charge is 2.19. The first-order chi connectivity index (χ1) is 10.1. The third kappa shape index (κ3) is 5.92. The third-order valence-electron chi connectivity index (χ3n) is 3.01. The Labute approximate surface area is 131 Å². The lowest BCUT2D eigenvalue weighted by atomic mass is 10.1. The summed E-state index contributed by atoms with van der Waals surface area (Å²) in [5.41, 5.74) is 0.739. The fourth-order valence-corrected chi connectivity index (χ4v) is 2.80. The smallest absolute Gasteiger partial charge is 0.319 e. The molecule has 21 heavy (non-hydrogen) atoms. The minimum atomic E-state index is -0.186. The number of hydrogen-bond donors (Lipinski definition) is 0. The van der Waals surface area contributed by atoms with Gasteiger partial charge in [-0.05, 0) is 31.4 Å². The van der Waals surface area contributed by atoms with Crippen molar-refractivity contribution in [2.45, 2.75) is 56.6 Å². The van der Waals surface area contributed by atoms with Crippen LogP contribution in [0.15, 0.2) is 29.2 Å². The molecular weight excluding hydrogens is 284 g/mol. The van der Waals surface area contributed by atoms with Gasteiger partial charge in [-0.15, -0.1) is 11.8 Å². The van der Waals surface area contributed by atoms with Crippen LogP contribution in [0.25, 0.3) is 0 Å². The fourth-order valence-electron chi connectivity index (χ4n) is 1.85. The van der Waals surface area contributed by atoms with Crippen molar-refractivity contribution in [3.05, 3.63) is 29.8 Å². The highest BCUT2D eigenvalue weighted by atomic mass is 32.2. The molecule has 0 spiro atoms. The van der Waals surface area contributed by atoms with Gasteiger partial charge >= 0.3 is 5.97 Å². The summed E-state index contributed by atoms with van der Waals surface area (Å²) in [7, 11) is 0. The molecule has 1 rings (SSSR count). The van der Waals surface area contributed by atoms with Gasteiger partial charge in [0.15, 0.2) is 5.78 Å². The second-order valence-electron chi connectivity index (χ2n) is 4.88. The predicted octanol–water partition coefficient (Wildman–Crippen LogP) is 4.49. The van der Waals surface area contributed by atoms with Gasteiger partial charge in [-0.25, -0.2) is 0 Å². The number of hydrogen-bond acceptors (Lipinski definition) is 4. The number of benzene rings is 1. The van der Waals surface area contributed by atoms with Crippen molar-refractivity contribution < 1.29 is 14.3 Å². The Bertz CT molecular complexity index is 454. The average molecular weight is 308 g/mol. The molecule has 4 heteroatoms. The largest absolute Gasteiger partial charge is 0.465 e. The molecule has 3 nitrogen and oxygen atoms in total. The summed E-state index contributed by atoms with van der Waals surface area (Å²) in [6, 6.07) is 7.49. The van der Waals surface area contributed by atoms with Gasteiger partial charge in [0.05, 0.1) is 6.61 Å². The molecule has 1 atom stereocenters. The van der Waals surface area contributed by atoms with Crippen molar-refractivity contribution in [1.29, 1.82) is 0 Å². The summed E-state index contributed by atoms with van der Waals surface area (Å²) in [5.74, 6) is 0.0129. The SMILES string of the molecule is CCCOC(=O)C(CC)Sc1ccc(C(=O)CCC)cc1. The van der Waals surface area contributed by atoms with Crippen LogP contribution >= 0.6 is 11.8 Å². The van der Waals surface area contributed by atoms with Crippen molar-refractivity contribution in [3.63, 3.8) is 0 Å². The first kappa shape index (κ1) is 17.8. The lowest BCUT2D eigenvalue weighted by molar-refractivity contribution is -0.143. The molecule has 0 radical (unpaired) electrons. The van der Waals surface area contributed by atoms with Gasteiger partial charge in [0.1, 0.15) is 5.25 Å². The number of ketones is 1. The molecular formula is C17H24O3S. The minimum Gasteiger partial charge on any atom is -0.465 e. The van der Waals surface area contributed by atoms with E-state index < -0.39 is 0 Å². The summed E-state index contributed by atoms with van der Waals surface area (Å²) in [6.07, 6.45) is 2.99. The second-order valence-corrected chi connectivity index (χ2v) is 6.16. The van der Waals surface area contributed by atoms with E-state index in [1.165, 1.54) is 11.8 Å². The van der Waals surface area contributed by atoms with Crippen molar-refractivity contribution in [3.8, 4) is 0 Å². The minimum absolute atomic E-state index is 0.157. The molecule has 0 bridgehead atoms. The van der Waals surface area contributed by atoms with Crippen LogP contribution in [-0.4, -0.2) is 23.6 Å². The van der Waals surface area contributed by atoms with Crippen molar-refractivity contribution >= 4 is 23.5 Å². The predicted molar refractivity (Wildman–Crippen MR) is 86.9 cm³/mol. The number of esters is 1. The monoisotopic (exact) mass is 308 g/mol. The molecule has 0 saturated heterocycles. The first-order valence-electron chi connectivity index (χ1n) is 7.58. The van der Waals surface area contributed by atoms with Gasteiger partial charge < -0.3 is 4.74 Å². The Morgan fingerprint density at radius 1 is 1.10 bits per heavy atom. The summed E-state index contributed by atoms with van der Waals surface area (Å²) in [5, 5.41) is -0.186. The highest BCUT2D eigenvalue weighted by Crippen LogP contribution is 2.27. The summed E-state index contributed by atoms with van der Waals surface area (Å²) >= 11 is 1.50. The van der Waals surface area contributed by atoms with Crippen molar-refractivity contribution in [2.75, 3.05) is 6.61 Å². The Kier molecular flexibility index (Phi) is 8.13. The Morgan fingerprint density at radius 2 is 1.76 bits per heavy atom. The maximum absolute atomic E-state index is 11.9. The van der Waals surface area contributed by atoms with Crippen LogP contribution in [0, 0.1) is 0 Å². The number of Topliss-reactive ketones (excluding diaryl/α,β-unsaturated/α-hetero) is 1. The van der Waals surface area contributed by atoms with E-state index >= 15 is 0 Å². The lowest BCUT2D eigenvalue weighted by Gasteiger charge is -2.13. The van der Waals surface area contributed by atoms with Gasteiger partial charge in [0.2, 0.25) is 0 Å². The normalized spacial score (nSPS) is 12.0. The average Bonchev–Trinajstić information content (AvgIpc) is 2.51. The quantitative estimate of drug-likeness (QED) is 0.383. The van der Waals surface area contributed by atoms with Gasteiger partial charge in [-0.3, -0.25) is 9.59 Å². The van der Waals surface area contributed by atoms with E-state index in [0.717, 1.165) is 29.7 Å². The number of carbonyl (C=O) groups excluding carboxylic acids is 2. The number of rotatable bonds is 9. The fraction of sp³-hybridized carbons (Fsp3) is 0.529. The van der Waals surface area contributed by atoms with Crippen LogP contribution < -0.4 is 0 Å². The zero-order chi connectivity index (χ0) is 15.7. The molecule has 0 saturated carbocycles. The second kappa shape index (κ2) is 9.61. The Morgan fingerprint density at radius 3 is 2.29 bits per heavy atom. The molecule has 0 N–H and O–H groups in total. The molecule has 0 aliphatic rings. The van der Waals surface area contributed by atoms with Gasteiger partial charge in [-0.1, -0.05) is 32.9 Å². The zero-order valence-electron chi connectivity index (χ0n) is 13.1. The van der Waals surface area contributed by atoms with E-state index in [-0.39, 0.29) is 17.0 Å². The topological polar surface area (TPSA) is 43.4 Å². The molecule has 0 heterocycles. The Balaban J connectivity index is 2.64. The molecule has 1 aromatic carbocycles. The molecule has 0 aromatic heterocycles. The maximum atomic E-state index is 11.9. The summed E-state index contributed by atoms with van der Waals surface area (Å²) in [4.78, 5) is 24.7. The van der Waals surface area contributed by atoms with Crippen LogP contribution in [0.4, 0.5) is 0 Å². The van der Waals surface area contributed by atoms with Crippen LogP contribution in [0.2, 0.25) is 0 Å². The number of ether oxygens (including phenoxy) is 1. The molecule has 116 valence electrons. The van der Waals surface area contributed by atoms with E-state index in [1.807, 2.05) is 45.0 Å². The molecule has 0 amide bonds. The molecule has 0 aliphatic carbocycles. The number of thioether (sulfide) groups is 1. The van der Waals surface area contributed by atoms with Crippen LogP contribution in [0.5, 0.6) is 0 Å². The molecule has 1 unspecified atom stereocenters. The van der Waals surface area contributed by atoms with E-state index in [9.17, 15) is 9.59 Å². The molecule has 0 fully saturated rings. The van der Waals surface area contributed by atoms with Crippen molar-refractivity contribution in [1.82, 2.24) is 0 Å². The lowest BCUT2D eigenvalue weighted by Crippen LogP contribution is -2.19. The van der Waals surface area contributed by atoms with Gasteiger partial charge in [-0.2, -0.15) is 0 Å². The zero-order valence-corrected chi connectivity index (χ0v) is 13.9. The van der Waals surface area contributed by atoms with Crippen LogP contribution in [0.3, 0.4) is 0 Å². The van der Waals surface area contributed by atoms with E-state index in [4.69, 9.17) is 4.74 Å². The highest BCUT2D eigenvalue weighted by molar-refractivity contribution is 8.00. The summed E-state index contributed by atoms with van der Waals surface area (Å²) < 4.78 is 5.20. The summed E-state index contributed by atoms with van der Waals surface area (Å²) in [6.45, 7) is 6.42. The maximum Gasteiger partial charge on any atom is 0.319 e. The Hall–Kier alpha value is -1.29. The van der Waals surface area contributed by atoms with Crippen LogP contribution in [0.1, 0.15) is 56.8 Å². The molecule has 1 aromatic rings. The standard InChI is InChI=1S/C17H24O3S/c1-4-7-15(18)13-8-10-14(11-9-13)21-16(6-3)17(19)20-12-5-2/h8-11,16H,4-7,12H2,1-3H3. The van der Waals surface area contributed by atoms with Crippen molar-refractivity contribution in [2.24, 2.45) is 0 Å². The van der Waals surface area contributed by atoms with E-state index in [2.05, 4.69) is 0 Å². The first-order valence-corrected chi connectivity index (χ1v) is 8.46. The third-order valence-corrected chi connectivity index (χ3v) is 4.37. The van der Waals surface area contributed by atoms with E-state index in [1.54, 1.807) is 0 Å². The van der Waals surface area contributed by atoms with Gasteiger partial charge in [0.25, 0.3) is 0 Å². The van der Waals surface area contributed by atoms with E-state index in [0.29, 0.717) is 13.0 Å². The number of carbonyl (C=O) groups is 2. The molecule has 0 aliphatic heterocycles. The van der Waals surface area contributed by atoms with Crippen LogP contribution in [-0.2, 0) is 9.53 Å².